The molecule has 1 aromatic heterocycles. The second-order valence-electron chi connectivity index (χ2n) is 13.0. The summed E-state index contributed by atoms with van der Waals surface area (Å²) in [5.41, 5.74) is 14.8. The van der Waals surface area contributed by atoms with Gasteiger partial charge < -0.3 is 4.57 Å². The summed E-state index contributed by atoms with van der Waals surface area (Å²) in [5, 5.41) is 5.26. The molecular weight excluding hydrogens is 494 g/mol. The van der Waals surface area contributed by atoms with Gasteiger partial charge >= 0.3 is 0 Å². The minimum absolute atomic E-state index is 0.0658. The van der Waals surface area contributed by atoms with Crippen LogP contribution < -0.4 is 0 Å². The van der Waals surface area contributed by atoms with Crippen LogP contribution in [0.1, 0.15) is 49.9 Å². The Bertz CT molecular complexity index is 2260. The summed E-state index contributed by atoms with van der Waals surface area (Å²) in [5.74, 6) is 0. The van der Waals surface area contributed by atoms with Crippen molar-refractivity contribution >= 4 is 32.6 Å². The summed E-state index contributed by atoms with van der Waals surface area (Å²) in [7, 11) is 0. The molecule has 0 aliphatic heterocycles. The van der Waals surface area contributed by atoms with Gasteiger partial charge in [0.15, 0.2) is 0 Å². The van der Waals surface area contributed by atoms with Crippen molar-refractivity contribution in [3.05, 3.63) is 138 Å². The van der Waals surface area contributed by atoms with Crippen LogP contribution in [-0.2, 0) is 10.8 Å². The quantitative estimate of drug-likeness (QED) is 0.201. The van der Waals surface area contributed by atoms with Crippen LogP contribution in [0.2, 0.25) is 0 Å². The van der Waals surface area contributed by atoms with Crippen molar-refractivity contribution in [3.63, 3.8) is 0 Å². The van der Waals surface area contributed by atoms with Gasteiger partial charge in [0.25, 0.3) is 0 Å². The number of fused-ring (bicyclic) bond motifs is 10. The fourth-order valence-corrected chi connectivity index (χ4v) is 8.15. The zero-order chi connectivity index (χ0) is 27.7. The van der Waals surface area contributed by atoms with Gasteiger partial charge in [-0.15, -0.1) is 0 Å². The predicted molar refractivity (Wildman–Crippen MR) is 173 cm³/mol. The first-order valence-corrected chi connectivity index (χ1v) is 14.7. The highest BCUT2D eigenvalue weighted by atomic mass is 15.0. The molecule has 2 aliphatic carbocycles. The third-order valence-electron chi connectivity index (χ3n) is 10.1. The van der Waals surface area contributed by atoms with Crippen molar-refractivity contribution in [2.45, 2.75) is 38.5 Å². The lowest BCUT2D eigenvalue weighted by atomic mass is 9.81. The molecule has 0 spiro atoms. The van der Waals surface area contributed by atoms with Gasteiger partial charge in [0.05, 0.1) is 16.7 Å². The van der Waals surface area contributed by atoms with Crippen LogP contribution >= 0.6 is 0 Å². The van der Waals surface area contributed by atoms with E-state index in [2.05, 4.69) is 148 Å². The van der Waals surface area contributed by atoms with E-state index in [0.717, 1.165) is 0 Å². The van der Waals surface area contributed by atoms with Crippen molar-refractivity contribution in [1.82, 2.24) is 4.57 Å². The Hall–Kier alpha value is -4.62. The van der Waals surface area contributed by atoms with Crippen molar-refractivity contribution in [2.24, 2.45) is 0 Å². The normalized spacial score (nSPS) is 15.7. The number of rotatable bonds is 1. The minimum atomic E-state index is -0.0928. The first kappa shape index (κ1) is 23.1. The molecular formula is C40H31N. The zero-order valence-electron chi connectivity index (χ0n) is 23.9. The molecule has 0 N–H and O–H groups in total. The molecule has 2 aliphatic rings. The van der Waals surface area contributed by atoms with Gasteiger partial charge in [-0.25, -0.2) is 0 Å². The molecule has 196 valence electrons. The van der Waals surface area contributed by atoms with Crippen LogP contribution in [0.15, 0.2) is 115 Å². The summed E-state index contributed by atoms with van der Waals surface area (Å²) in [4.78, 5) is 0. The van der Waals surface area contributed by atoms with Crippen molar-refractivity contribution in [3.8, 4) is 27.9 Å². The lowest BCUT2D eigenvalue weighted by Gasteiger charge is -2.25. The molecule has 6 aromatic carbocycles. The summed E-state index contributed by atoms with van der Waals surface area (Å²) in [6.07, 6.45) is 0. The Labute approximate surface area is 240 Å². The van der Waals surface area contributed by atoms with Crippen LogP contribution in [0, 0.1) is 0 Å². The van der Waals surface area contributed by atoms with E-state index >= 15 is 0 Å². The molecule has 1 heterocycles. The Morgan fingerprint density at radius 1 is 0.439 bits per heavy atom. The van der Waals surface area contributed by atoms with E-state index in [1.807, 2.05) is 0 Å². The topological polar surface area (TPSA) is 4.93 Å². The first-order chi connectivity index (χ1) is 19.9. The molecule has 9 rings (SSSR count). The average molecular weight is 526 g/mol. The molecule has 1 nitrogen and oxygen atoms in total. The number of aromatic nitrogens is 1. The van der Waals surface area contributed by atoms with Gasteiger partial charge in [0.2, 0.25) is 0 Å². The number of para-hydroxylation sites is 1. The summed E-state index contributed by atoms with van der Waals surface area (Å²) < 4.78 is 2.55. The van der Waals surface area contributed by atoms with E-state index in [1.54, 1.807) is 0 Å². The van der Waals surface area contributed by atoms with E-state index in [-0.39, 0.29) is 10.8 Å². The Balaban J connectivity index is 1.40. The third-order valence-corrected chi connectivity index (χ3v) is 10.1. The molecule has 41 heavy (non-hydrogen) atoms. The molecule has 7 aromatic rings. The minimum Gasteiger partial charge on any atom is -0.309 e. The van der Waals surface area contributed by atoms with Crippen molar-refractivity contribution in [1.29, 1.82) is 0 Å². The molecule has 1 heteroatoms. The monoisotopic (exact) mass is 525 g/mol. The van der Waals surface area contributed by atoms with E-state index in [9.17, 15) is 0 Å². The molecule has 0 fully saturated rings. The predicted octanol–water partition coefficient (Wildman–Crippen LogP) is 10.5. The van der Waals surface area contributed by atoms with E-state index < -0.39 is 0 Å². The molecule has 0 saturated heterocycles. The highest BCUT2D eigenvalue weighted by Crippen LogP contribution is 2.54. The Morgan fingerprint density at radius 3 is 1.95 bits per heavy atom. The summed E-state index contributed by atoms with van der Waals surface area (Å²) in [6.45, 7) is 9.55. The standard InChI is InChI=1S/C40H31N/c1-39(2)33-21-25-13-6-5-12-24(25)20-29(33)30-23-37-31(22-34(30)39)27-15-8-10-18-35(27)41(37)36-19-11-16-28-26-14-7-9-17-32(26)40(3,4)38(28)36/h5-23H,1-4H3. The van der Waals surface area contributed by atoms with Gasteiger partial charge in [-0.2, -0.15) is 0 Å². The molecule has 0 radical (unpaired) electrons. The second-order valence-corrected chi connectivity index (χ2v) is 13.0. The van der Waals surface area contributed by atoms with Crippen molar-refractivity contribution in [2.75, 3.05) is 0 Å². The molecule has 0 atom stereocenters. The van der Waals surface area contributed by atoms with E-state index in [0.29, 0.717) is 0 Å². The maximum absolute atomic E-state index is 2.55. The van der Waals surface area contributed by atoms with E-state index in [1.165, 1.54) is 82.8 Å². The SMILES string of the molecule is CC1(C)c2cc3ccccc3cc2-c2cc3c(cc21)c1ccccc1n3-c1cccc2c1C(C)(C)c1ccccc1-2. The first-order valence-electron chi connectivity index (χ1n) is 14.7. The van der Waals surface area contributed by atoms with Crippen LogP contribution in [0.5, 0.6) is 0 Å². The number of hydrogen-bond acceptors (Lipinski definition) is 0. The lowest BCUT2D eigenvalue weighted by Crippen LogP contribution is -2.18. The molecule has 0 amide bonds. The summed E-state index contributed by atoms with van der Waals surface area (Å²) in [6, 6.07) is 43.4. The largest absolute Gasteiger partial charge is 0.309 e. The highest BCUT2D eigenvalue weighted by Gasteiger charge is 2.39. The lowest BCUT2D eigenvalue weighted by molar-refractivity contribution is 0.656. The summed E-state index contributed by atoms with van der Waals surface area (Å²) >= 11 is 0. The third kappa shape index (κ3) is 2.81. The number of nitrogens with zero attached hydrogens (tertiary/aromatic N) is 1. The maximum Gasteiger partial charge on any atom is 0.0547 e. The number of hydrogen-bond donors (Lipinski definition) is 0. The molecule has 0 bridgehead atoms. The fraction of sp³-hybridized carbons (Fsp3) is 0.150. The molecule has 0 unspecified atom stereocenters. The van der Waals surface area contributed by atoms with Gasteiger partial charge in [0, 0.05) is 21.6 Å². The van der Waals surface area contributed by atoms with Crippen LogP contribution in [0.3, 0.4) is 0 Å². The van der Waals surface area contributed by atoms with Gasteiger partial charge in [-0.1, -0.05) is 107 Å². The number of benzene rings is 6. The Morgan fingerprint density at radius 2 is 1.10 bits per heavy atom. The van der Waals surface area contributed by atoms with Crippen molar-refractivity contribution < 1.29 is 0 Å². The smallest absolute Gasteiger partial charge is 0.0547 e. The molecule has 0 saturated carbocycles. The average Bonchev–Trinajstić information content (AvgIpc) is 3.52. The van der Waals surface area contributed by atoms with Crippen LogP contribution in [0.4, 0.5) is 0 Å². The highest BCUT2D eigenvalue weighted by molar-refractivity contribution is 6.12. The second kappa shape index (κ2) is 7.56. The van der Waals surface area contributed by atoms with Gasteiger partial charge in [0.1, 0.15) is 0 Å². The van der Waals surface area contributed by atoms with Crippen LogP contribution in [0.25, 0.3) is 60.5 Å². The maximum atomic E-state index is 2.55. The van der Waals surface area contributed by atoms with Crippen LogP contribution in [-0.4, -0.2) is 4.57 Å². The van der Waals surface area contributed by atoms with Gasteiger partial charge in [-0.05, 0) is 91.7 Å². The van der Waals surface area contributed by atoms with E-state index in [4.69, 9.17) is 0 Å². The fourth-order valence-electron chi connectivity index (χ4n) is 8.15. The Kier molecular flexibility index (Phi) is 4.26. The zero-order valence-corrected chi connectivity index (χ0v) is 23.9. The van der Waals surface area contributed by atoms with Gasteiger partial charge in [-0.3, -0.25) is 0 Å².